The van der Waals surface area contributed by atoms with Crippen molar-refractivity contribution in [2.24, 2.45) is 0 Å². The molecule has 0 heterocycles. The summed E-state index contributed by atoms with van der Waals surface area (Å²) in [5.41, 5.74) is 2.85. The molecule has 3 heteroatoms. The van der Waals surface area contributed by atoms with E-state index in [0.29, 0.717) is 11.4 Å². The zero-order chi connectivity index (χ0) is 13.0. The molecule has 18 heavy (non-hydrogen) atoms. The Morgan fingerprint density at radius 2 is 1.94 bits per heavy atom. The third kappa shape index (κ3) is 3.03. The highest BCUT2D eigenvalue weighted by molar-refractivity contribution is 6.31. The van der Waals surface area contributed by atoms with E-state index in [-0.39, 0.29) is 6.61 Å². The Labute approximate surface area is 112 Å². The van der Waals surface area contributed by atoms with Gasteiger partial charge in [0.05, 0.1) is 13.7 Å². The summed E-state index contributed by atoms with van der Waals surface area (Å²) in [5.74, 6) is 0.837. The van der Waals surface area contributed by atoms with E-state index < -0.39 is 0 Å². The van der Waals surface area contributed by atoms with Gasteiger partial charge in [-0.15, -0.1) is 0 Å². The molecule has 2 aromatic carbocycles. The first-order valence-corrected chi connectivity index (χ1v) is 6.03. The highest BCUT2D eigenvalue weighted by atomic mass is 35.5. The van der Waals surface area contributed by atoms with Crippen molar-refractivity contribution in [1.82, 2.24) is 0 Å². The number of benzene rings is 2. The Balaban J connectivity index is 2.17. The zero-order valence-corrected chi connectivity index (χ0v) is 10.9. The molecule has 1 radical (unpaired) electrons. The molecule has 2 nitrogen and oxygen atoms in total. The summed E-state index contributed by atoms with van der Waals surface area (Å²) < 4.78 is 5.11. The maximum absolute atomic E-state index is 9.01. The van der Waals surface area contributed by atoms with E-state index in [4.69, 9.17) is 21.4 Å². The molecule has 2 aromatic rings. The van der Waals surface area contributed by atoms with Crippen molar-refractivity contribution in [1.29, 1.82) is 0 Å². The van der Waals surface area contributed by atoms with E-state index >= 15 is 0 Å². The molecule has 0 spiro atoms. The van der Waals surface area contributed by atoms with E-state index in [1.165, 1.54) is 0 Å². The maximum Gasteiger partial charge on any atom is 0.118 e. The average Bonchev–Trinajstić information content (AvgIpc) is 2.42. The van der Waals surface area contributed by atoms with Crippen LogP contribution in [0.15, 0.2) is 36.4 Å². The van der Waals surface area contributed by atoms with Gasteiger partial charge in [-0.25, -0.2) is 0 Å². The number of aliphatic hydroxyl groups excluding tert-OH is 1. The highest BCUT2D eigenvalue weighted by Crippen LogP contribution is 2.21. The average molecular weight is 262 g/mol. The smallest absolute Gasteiger partial charge is 0.118 e. The summed E-state index contributed by atoms with van der Waals surface area (Å²) in [5, 5.41) is 9.64. The lowest BCUT2D eigenvalue weighted by atomic mass is 10.0. The van der Waals surface area contributed by atoms with Crippen LogP contribution in [0.3, 0.4) is 0 Å². The Hall–Kier alpha value is -1.51. The molecule has 0 fully saturated rings. The summed E-state index contributed by atoms with van der Waals surface area (Å²) in [6.07, 6.45) is 0.717. The van der Waals surface area contributed by atoms with Gasteiger partial charge < -0.3 is 9.84 Å². The fourth-order valence-electron chi connectivity index (χ4n) is 1.71. The third-order valence-corrected chi connectivity index (χ3v) is 3.09. The van der Waals surface area contributed by atoms with E-state index in [1.807, 2.05) is 24.3 Å². The summed E-state index contributed by atoms with van der Waals surface area (Å²) >= 11 is 6.15. The molecular formula is C15H14ClO2. The van der Waals surface area contributed by atoms with Crippen LogP contribution in [0.25, 0.3) is 0 Å². The van der Waals surface area contributed by atoms with Gasteiger partial charge in [0.2, 0.25) is 0 Å². The molecule has 0 aliphatic rings. The topological polar surface area (TPSA) is 29.5 Å². The molecular weight excluding hydrogens is 248 g/mol. The third-order valence-electron chi connectivity index (χ3n) is 2.75. The van der Waals surface area contributed by atoms with Crippen molar-refractivity contribution in [3.8, 4) is 5.75 Å². The highest BCUT2D eigenvalue weighted by Gasteiger charge is 2.04. The van der Waals surface area contributed by atoms with Crippen molar-refractivity contribution < 1.29 is 9.84 Å². The van der Waals surface area contributed by atoms with Crippen LogP contribution in [0, 0.1) is 6.07 Å². The zero-order valence-electron chi connectivity index (χ0n) is 10.1. The summed E-state index contributed by atoms with van der Waals surface area (Å²) in [7, 11) is 1.65. The largest absolute Gasteiger partial charge is 0.497 e. The van der Waals surface area contributed by atoms with Gasteiger partial charge in [-0.05, 0) is 53.4 Å². The second-order valence-corrected chi connectivity index (χ2v) is 4.42. The van der Waals surface area contributed by atoms with Crippen LogP contribution in [0.2, 0.25) is 5.02 Å². The molecule has 0 amide bonds. The van der Waals surface area contributed by atoms with Gasteiger partial charge >= 0.3 is 0 Å². The van der Waals surface area contributed by atoms with Gasteiger partial charge in [-0.2, -0.15) is 0 Å². The Morgan fingerprint density at radius 1 is 1.22 bits per heavy atom. The van der Waals surface area contributed by atoms with Crippen molar-refractivity contribution in [3.05, 3.63) is 64.2 Å². The minimum atomic E-state index is -0.0148. The number of rotatable bonds is 4. The van der Waals surface area contributed by atoms with Crippen LogP contribution in [-0.2, 0) is 13.0 Å². The van der Waals surface area contributed by atoms with Crippen LogP contribution in [-0.4, -0.2) is 12.2 Å². The molecule has 93 valence electrons. The Kier molecular flexibility index (Phi) is 4.24. The molecule has 1 N–H and O–H groups in total. The lowest BCUT2D eigenvalue weighted by Crippen LogP contribution is -1.92. The summed E-state index contributed by atoms with van der Waals surface area (Å²) in [6.45, 7) is -0.0148. The number of hydrogen-bond donors (Lipinski definition) is 1. The van der Waals surface area contributed by atoms with Crippen molar-refractivity contribution in [2.75, 3.05) is 7.11 Å². The first-order valence-electron chi connectivity index (χ1n) is 5.65. The molecule has 0 bridgehead atoms. The van der Waals surface area contributed by atoms with Gasteiger partial charge in [-0.1, -0.05) is 23.7 Å². The van der Waals surface area contributed by atoms with Crippen LogP contribution >= 0.6 is 11.6 Å². The monoisotopic (exact) mass is 261 g/mol. The van der Waals surface area contributed by atoms with Crippen molar-refractivity contribution >= 4 is 11.6 Å². The standard InChI is InChI=1S/C15H14ClO2/c1-18-14-6-3-11(4-7-14)8-13-5-2-12(10-17)9-15(13)16/h2-4,6-7,9,17H,8,10H2,1H3. The van der Waals surface area contributed by atoms with Gasteiger partial charge in [0.1, 0.15) is 5.75 Å². The molecule has 0 aliphatic carbocycles. The Bertz CT molecular complexity index is 521. The molecule has 0 unspecified atom stereocenters. The molecule has 2 rings (SSSR count). The Morgan fingerprint density at radius 3 is 2.50 bits per heavy atom. The first-order chi connectivity index (χ1) is 8.72. The number of methoxy groups -OCH3 is 1. The number of halogens is 1. The lowest BCUT2D eigenvalue weighted by molar-refractivity contribution is 0.282. The summed E-state index contributed by atoms with van der Waals surface area (Å²) in [6, 6.07) is 14.5. The quantitative estimate of drug-likeness (QED) is 0.916. The van der Waals surface area contributed by atoms with E-state index in [1.54, 1.807) is 19.2 Å². The fourth-order valence-corrected chi connectivity index (χ4v) is 1.98. The minimum absolute atomic E-state index is 0.0148. The van der Waals surface area contributed by atoms with E-state index in [2.05, 4.69) is 6.07 Å². The van der Waals surface area contributed by atoms with Crippen molar-refractivity contribution in [3.63, 3.8) is 0 Å². The predicted molar refractivity (Wildman–Crippen MR) is 72.0 cm³/mol. The normalized spacial score (nSPS) is 10.4. The molecule has 0 saturated heterocycles. The molecule has 0 saturated carbocycles. The number of hydrogen-bond acceptors (Lipinski definition) is 2. The van der Waals surface area contributed by atoms with Crippen LogP contribution in [0.4, 0.5) is 0 Å². The second kappa shape index (κ2) is 5.89. The fraction of sp³-hybridized carbons (Fsp3) is 0.200. The van der Waals surface area contributed by atoms with Crippen molar-refractivity contribution in [2.45, 2.75) is 13.0 Å². The van der Waals surface area contributed by atoms with Gasteiger partial charge in [0.15, 0.2) is 0 Å². The predicted octanol–water partition coefficient (Wildman–Crippen LogP) is 3.23. The van der Waals surface area contributed by atoms with Gasteiger partial charge in [-0.3, -0.25) is 0 Å². The maximum atomic E-state index is 9.01. The number of aliphatic hydroxyl groups is 1. The molecule has 0 atom stereocenters. The van der Waals surface area contributed by atoms with E-state index in [9.17, 15) is 0 Å². The van der Waals surface area contributed by atoms with E-state index in [0.717, 1.165) is 22.4 Å². The lowest BCUT2D eigenvalue weighted by Gasteiger charge is -2.06. The van der Waals surface area contributed by atoms with Crippen LogP contribution in [0.1, 0.15) is 16.7 Å². The first kappa shape index (κ1) is 12.9. The molecule has 0 aromatic heterocycles. The SMILES string of the molecule is COc1ccc(Cc2[c]cc(CO)cc2Cl)cc1. The van der Waals surface area contributed by atoms with Crippen LogP contribution < -0.4 is 4.74 Å². The molecule has 0 aliphatic heterocycles. The summed E-state index contributed by atoms with van der Waals surface area (Å²) in [4.78, 5) is 0. The minimum Gasteiger partial charge on any atom is -0.497 e. The van der Waals surface area contributed by atoms with Crippen LogP contribution in [0.5, 0.6) is 5.75 Å². The van der Waals surface area contributed by atoms with Gasteiger partial charge in [0.25, 0.3) is 0 Å². The second-order valence-electron chi connectivity index (χ2n) is 4.02. The number of ether oxygens (including phenoxy) is 1. The van der Waals surface area contributed by atoms with Gasteiger partial charge in [0, 0.05) is 5.02 Å².